The Morgan fingerprint density at radius 2 is 1.68 bits per heavy atom. The maximum Gasteiger partial charge on any atom is 0.490 e. The molecular weight excluding hydrogens is 419 g/mol. The molecule has 3 N–H and O–H groups in total. The van der Waals surface area contributed by atoms with E-state index in [-0.39, 0.29) is 12.0 Å². The van der Waals surface area contributed by atoms with Crippen LogP contribution in [0.25, 0.3) is 0 Å². The van der Waals surface area contributed by atoms with Crippen LogP contribution in [0, 0.1) is 6.92 Å². The number of nitrogens with zero attached hydrogens (tertiary/aromatic N) is 1. The SMILES string of the molecule is CCOC(=O)N1CCC(NCCNC(=O)c2ccc(C)cc2)CC1.O=C(O)C(F)(F)F. The van der Waals surface area contributed by atoms with Crippen LogP contribution in [-0.2, 0) is 9.53 Å². The van der Waals surface area contributed by atoms with E-state index in [0.717, 1.165) is 24.9 Å². The van der Waals surface area contributed by atoms with Gasteiger partial charge in [0.2, 0.25) is 0 Å². The molecule has 0 unspecified atom stereocenters. The lowest BCUT2D eigenvalue weighted by molar-refractivity contribution is -0.192. The summed E-state index contributed by atoms with van der Waals surface area (Å²) in [4.78, 5) is 34.3. The summed E-state index contributed by atoms with van der Waals surface area (Å²) in [5, 5.41) is 13.5. The summed E-state index contributed by atoms with van der Waals surface area (Å²) in [7, 11) is 0. The van der Waals surface area contributed by atoms with Crippen molar-refractivity contribution < 1.29 is 37.4 Å². The second-order valence-electron chi connectivity index (χ2n) is 6.84. The van der Waals surface area contributed by atoms with Crippen molar-refractivity contribution in [1.82, 2.24) is 15.5 Å². The second-order valence-corrected chi connectivity index (χ2v) is 6.84. The maximum atomic E-state index is 12.0. The first-order valence-corrected chi connectivity index (χ1v) is 9.84. The van der Waals surface area contributed by atoms with Crippen molar-refractivity contribution in [3.8, 4) is 0 Å². The fraction of sp³-hybridized carbons (Fsp3) is 0.550. The lowest BCUT2D eigenvalue weighted by Crippen LogP contribution is -2.46. The zero-order chi connectivity index (χ0) is 23.4. The zero-order valence-electron chi connectivity index (χ0n) is 17.5. The Kier molecular flexibility index (Phi) is 10.8. The van der Waals surface area contributed by atoms with Crippen LogP contribution < -0.4 is 10.6 Å². The van der Waals surface area contributed by atoms with Crippen molar-refractivity contribution in [2.75, 3.05) is 32.8 Å². The smallest absolute Gasteiger partial charge is 0.475 e. The van der Waals surface area contributed by atoms with Crippen molar-refractivity contribution in [3.05, 3.63) is 35.4 Å². The lowest BCUT2D eigenvalue weighted by atomic mass is 10.1. The molecule has 0 atom stereocenters. The number of benzene rings is 1. The van der Waals surface area contributed by atoms with Gasteiger partial charge in [0.15, 0.2) is 0 Å². The van der Waals surface area contributed by atoms with Gasteiger partial charge in [-0.25, -0.2) is 9.59 Å². The third kappa shape index (κ3) is 10.2. The molecule has 0 aliphatic carbocycles. The standard InChI is InChI=1S/C18H27N3O3.C2HF3O2/c1-3-24-18(23)21-12-8-16(9-13-21)19-10-11-20-17(22)15-6-4-14(2)5-7-15;3-2(4,5)1(6)7/h4-7,16,19H,3,8-13H2,1-2H3,(H,20,22);(H,6,7). The summed E-state index contributed by atoms with van der Waals surface area (Å²) in [6.45, 7) is 6.97. The number of aryl methyl sites for hydroxylation is 1. The van der Waals surface area contributed by atoms with Crippen LogP contribution in [0.2, 0.25) is 0 Å². The summed E-state index contributed by atoms with van der Waals surface area (Å²) in [5.74, 6) is -2.80. The number of carbonyl (C=O) groups is 3. The molecule has 0 spiro atoms. The molecule has 174 valence electrons. The van der Waals surface area contributed by atoms with Gasteiger partial charge in [0.05, 0.1) is 6.61 Å². The molecule has 1 saturated heterocycles. The molecule has 2 rings (SSSR count). The summed E-state index contributed by atoms with van der Waals surface area (Å²) in [6, 6.07) is 7.92. The average molecular weight is 447 g/mol. The van der Waals surface area contributed by atoms with E-state index < -0.39 is 12.1 Å². The van der Waals surface area contributed by atoms with Gasteiger partial charge in [0.1, 0.15) is 0 Å². The molecule has 0 radical (unpaired) electrons. The number of hydrogen-bond acceptors (Lipinski definition) is 5. The minimum absolute atomic E-state index is 0.0473. The van der Waals surface area contributed by atoms with E-state index in [2.05, 4.69) is 10.6 Å². The van der Waals surface area contributed by atoms with E-state index in [1.165, 1.54) is 0 Å². The number of carboxylic acid groups (broad SMARTS) is 1. The van der Waals surface area contributed by atoms with Gasteiger partial charge in [0, 0.05) is 37.8 Å². The Hall–Kier alpha value is -2.82. The van der Waals surface area contributed by atoms with E-state index in [4.69, 9.17) is 14.6 Å². The molecule has 1 fully saturated rings. The number of aliphatic carboxylic acids is 1. The number of piperidine rings is 1. The highest BCUT2D eigenvalue weighted by Crippen LogP contribution is 2.13. The number of amides is 2. The van der Waals surface area contributed by atoms with E-state index in [1.807, 2.05) is 38.1 Å². The minimum atomic E-state index is -5.08. The number of rotatable bonds is 6. The molecule has 8 nitrogen and oxygen atoms in total. The zero-order valence-corrected chi connectivity index (χ0v) is 17.5. The molecule has 31 heavy (non-hydrogen) atoms. The van der Waals surface area contributed by atoms with Crippen molar-refractivity contribution in [3.63, 3.8) is 0 Å². The van der Waals surface area contributed by atoms with E-state index in [9.17, 15) is 22.8 Å². The minimum Gasteiger partial charge on any atom is -0.475 e. The number of likely N-dealkylation sites (tertiary alicyclic amines) is 1. The van der Waals surface area contributed by atoms with Crippen LogP contribution in [-0.4, -0.2) is 73.0 Å². The molecule has 1 aromatic carbocycles. The summed E-state index contributed by atoms with van der Waals surface area (Å²) >= 11 is 0. The number of alkyl halides is 3. The number of hydrogen-bond donors (Lipinski definition) is 3. The third-order valence-electron chi connectivity index (χ3n) is 4.42. The fourth-order valence-corrected chi connectivity index (χ4v) is 2.74. The predicted octanol–water partition coefficient (Wildman–Crippen LogP) is 2.57. The maximum absolute atomic E-state index is 12.0. The molecule has 1 aliphatic heterocycles. The largest absolute Gasteiger partial charge is 0.490 e. The quantitative estimate of drug-likeness (QED) is 0.579. The molecule has 1 aromatic rings. The fourth-order valence-electron chi connectivity index (χ4n) is 2.74. The van der Waals surface area contributed by atoms with Gasteiger partial charge >= 0.3 is 18.2 Å². The molecule has 0 bridgehead atoms. The lowest BCUT2D eigenvalue weighted by Gasteiger charge is -2.31. The number of carbonyl (C=O) groups excluding carboxylic acids is 2. The van der Waals surface area contributed by atoms with Crippen molar-refractivity contribution >= 4 is 18.0 Å². The van der Waals surface area contributed by atoms with Gasteiger partial charge in [-0.05, 0) is 38.8 Å². The summed E-state index contributed by atoms with van der Waals surface area (Å²) in [6.07, 6.45) is -3.49. The Bertz CT molecular complexity index is 718. The summed E-state index contributed by atoms with van der Waals surface area (Å²) < 4.78 is 36.7. The topological polar surface area (TPSA) is 108 Å². The van der Waals surface area contributed by atoms with Crippen LogP contribution in [0.3, 0.4) is 0 Å². The van der Waals surface area contributed by atoms with Gasteiger partial charge in [-0.3, -0.25) is 4.79 Å². The van der Waals surface area contributed by atoms with Crippen LogP contribution in [0.15, 0.2) is 24.3 Å². The van der Waals surface area contributed by atoms with Crippen LogP contribution in [0.1, 0.15) is 35.7 Å². The Morgan fingerprint density at radius 1 is 1.13 bits per heavy atom. The average Bonchev–Trinajstić information content (AvgIpc) is 2.72. The van der Waals surface area contributed by atoms with Gasteiger partial charge in [-0.2, -0.15) is 13.2 Å². The van der Waals surface area contributed by atoms with E-state index in [0.29, 0.717) is 37.8 Å². The van der Waals surface area contributed by atoms with Crippen LogP contribution in [0.5, 0.6) is 0 Å². The highest BCUT2D eigenvalue weighted by atomic mass is 19.4. The molecule has 0 saturated carbocycles. The van der Waals surface area contributed by atoms with Crippen LogP contribution >= 0.6 is 0 Å². The number of ether oxygens (including phenoxy) is 1. The molecule has 2 amide bonds. The van der Waals surface area contributed by atoms with Crippen molar-refractivity contribution in [2.45, 2.75) is 38.9 Å². The van der Waals surface area contributed by atoms with Crippen molar-refractivity contribution in [1.29, 1.82) is 0 Å². The Labute approximate surface area is 178 Å². The van der Waals surface area contributed by atoms with Gasteiger partial charge in [0.25, 0.3) is 5.91 Å². The normalized spacial score (nSPS) is 14.3. The molecular formula is C20H28F3N3O5. The summed E-state index contributed by atoms with van der Waals surface area (Å²) in [5.41, 5.74) is 1.82. The van der Waals surface area contributed by atoms with Gasteiger partial charge in [-0.15, -0.1) is 0 Å². The highest BCUT2D eigenvalue weighted by molar-refractivity contribution is 5.94. The van der Waals surface area contributed by atoms with Crippen LogP contribution in [0.4, 0.5) is 18.0 Å². The molecule has 11 heteroatoms. The first-order valence-electron chi connectivity index (χ1n) is 9.84. The number of halogens is 3. The highest BCUT2D eigenvalue weighted by Gasteiger charge is 2.38. The first-order chi connectivity index (χ1) is 14.5. The number of nitrogens with one attached hydrogen (secondary N) is 2. The predicted molar refractivity (Wildman–Crippen MR) is 107 cm³/mol. The number of carboxylic acids is 1. The third-order valence-corrected chi connectivity index (χ3v) is 4.42. The van der Waals surface area contributed by atoms with E-state index >= 15 is 0 Å². The Morgan fingerprint density at radius 3 is 2.16 bits per heavy atom. The first kappa shape index (κ1) is 26.2. The molecule has 1 aliphatic rings. The van der Waals surface area contributed by atoms with Gasteiger partial charge in [-0.1, -0.05) is 17.7 Å². The monoisotopic (exact) mass is 447 g/mol. The molecule has 1 heterocycles. The van der Waals surface area contributed by atoms with Crippen molar-refractivity contribution in [2.24, 2.45) is 0 Å². The molecule has 0 aromatic heterocycles. The van der Waals surface area contributed by atoms with E-state index in [1.54, 1.807) is 4.90 Å². The Balaban J connectivity index is 0.000000592. The van der Waals surface area contributed by atoms with Gasteiger partial charge < -0.3 is 25.4 Å². The second kappa shape index (κ2) is 12.8.